The van der Waals surface area contributed by atoms with Crippen LogP contribution in [0.2, 0.25) is 5.02 Å². The molecule has 2 rings (SSSR count). The molecule has 0 spiro atoms. The molecule has 0 amide bonds. The minimum Gasteiger partial charge on any atom is -0.462 e. The van der Waals surface area contributed by atoms with Gasteiger partial charge in [0.25, 0.3) is 5.69 Å². The lowest BCUT2D eigenvalue weighted by Gasteiger charge is -2.15. The van der Waals surface area contributed by atoms with Crippen LogP contribution in [0, 0.1) is 16.0 Å². The summed E-state index contributed by atoms with van der Waals surface area (Å²) < 4.78 is 54.7. The van der Waals surface area contributed by atoms with Crippen LogP contribution in [0.5, 0.6) is 11.5 Å². The fourth-order valence-electron chi connectivity index (χ4n) is 2.44. The summed E-state index contributed by atoms with van der Waals surface area (Å²) in [5.74, 6) is -5.86. The fraction of sp³-hybridized carbons (Fsp3) is 0.333. The van der Waals surface area contributed by atoms with Crippen molar-refractivity contribution in [3.05, 3.63) is 62.7 Å². The molecule has 33 heavy (non-hydrogen) atoms. The molecule has 0 aliphatic rings. The largest absolute Gasteiger partial charge is 0.462 e. The van der Waals surface area contributed by atoms with Crippen molar-refractivity contribution in [3.63, 3.8) is 0 Å². The molecule has 0 N–H and O–H groups in total. The van der Waals surface area contributed by atoms with Gasteiger partial charge in [-0.25, -0.2) is 9.18 Å². The number of benzene rings is 2. The van der Waals surface area contributed by atoms with E-state index in [4.69, 9.17) is 25.8 Å². The third-order valence-electron chi connectivity index (χ3n) is 4.17. The van der Waals surface area contributed by atoms with Gasteiger partial charge in [0.05, 0.1) is 15.9 Å². The van der Waals surface area contributed by atoms with E-state index in [0.717, 1.165) is 30.3 Å². The molecule has 0 bridgehead atoms. The van der Waals surface area contributed by atoms with Gasteiger partial charge in [0.1, 0.15) is 30.3 Å². The fourth-order valence-corrected chi connectivity index (χ4v) is 2.66. The minimum atomic E-state index is -3.73. The number of halogens is 4. The molecule has 2 aromatic carbocycles. The average Bonchev–Trinajstić information content (AvgIpc) is 2.77. The van der Waals surface area contributed by atoms with E-state index in [1.54, 1.807) is 13.8 Å². The van der Waals surface area contributed by atoms with Crippen LogP contribution in [-0.2, 0) is 20.2 Å². The second-order valence-corrected chi connectivity index (χ2v) is 7.39. The number of ether oxygens (including phenoxy) is 3. The Morgan fingerprint density at radius 1 is 1.12 bits per heavy atom. The number of alkyl halides is 3. The normalized spacial score (nSPS) is 11.2. The lowest BCUT2D eigenvalue weighted by Crippen LogP contribution is -2.17. The highest BCUT2D eigenvalue weighted by Gasteiger charge is 2.32. The van der Waals surface area contributed by atoms with E-state index in [0.29, 0.717) is 0 Å². The summed E-state index contributed by atoms with van der Waals surface area (Å²) in [5.41, 5.74) is -1.69. The highest BCUT2D eigenvalue weighted by molar-refractivity contribution is 6.32. The maximum Gasteiger partial charge on any atom is 0.345 e. The Morgan fingerprint density at radius 3 is 2.36 bits per heavy atom. The number of nitro groups is 1. The second kappa shape index (κ2) is 11.0. The first-order valence-corrected chi connectivity index (χ1v) is 9.88. The Kier molecular flexibility index (Phi) is 8.63. The number of nitro benzene ring substituents is 1. The van der Waals surface area contributed by atoms with E-state index >= 15 is 0 Å². The van der Waals surface area contributed by atoms with Crippen molar-refractivity contribution < 1.29 is 41.9 Å². The van der Waals surface area contributed by atoms with Crippen LogP contribution in [0.1, 0.15) is 29.8 Å². The minimum absolute atomic E-state index is 0.0781. The Morgan fingerprint density at radius 2 is 1.79 bits per heavy atom. The highest BCUT2D eigenvalue weighted by atomic mass is 35.5. The topological polar surface area (TPSA) is 105 Å². The third-order valence-corrected chi connectivity index (χ3v) is 4.46. The van der Waals surface area contributed by atoms with E-state index in [1.165, 1.54) is 6.07 Å². The van der Waals surface area contributed by atoms with Gasteiger partial charge in [-0.05, 0) is 24.3 Å². The molecular formula is C21H19ClF3NO7. The van der Waals surface area contributed by atoms with Crippen LogP contribution in [0.15, 0.2) is 36.4 Å². The second-order valence-electron chi connectivity index (χ2n) is 6.98. The molecule has 0 saturated heterocycles. The van der Waals surface area contributed by atoms with Gasteiger partial charge in [0, 0.05) is 17.7 Å². The van der Waals surface area contributed by atoms with E-state index in [-0.39, 0.29) is 35.7 Å². The van der Waals surface area contributed by atoms with Crippen molar-refractivity contribution in [3.8, 4) is 11.5 Å². The van der Waals surface area contributed by atoms with Crippen LogP contribution in [0.4, 0.5) is 18.9 Å². The number of nitrogens with zero attached hydrogens (tertiary/aromatic N) is 1. The number of hydrogen-bond acceptors (Lipinski definition) is 7. The first-order chi connectivity index (χ1) is 15.5. The molecule has 2 aromatic rings. The number of rotatable bonds is 10. The first-order valence-electron chi connectivity index (χ1n) is 9.50. The first kappa shape index (κ1) is 25.9. The Hall–Kier alpha value is -3.34. The van der Waals surface area contributed by atoms with Gasteiger partial charge in [0.2, 0.25) is 0 Å². The van der Waals surface area contributed by atoms with Crippen molar-refractivity contribution in [2.45, 2.75) is 19.8 Å². The number of esters is 2. The van der Waals surface area contributed by atoms with Crippen molar-refractivity contribution in [1.82, 2.24) is 0 Å². The quantitative estimate of drug-likeness (QED) is 0.189. The predicted octanol–water partition coefficient (Wildman–Crippen LogP) is 5.46. The molecule has 8 nitrogen and oxygen atoms in total. The van der Waals surface area contributed by atoms with Gasteiger partial charge in [-0.15, -0.1) is 0 Å². The molecular weight excluding hydrogens is 471 g/mol. The smallest absolute Gasteiger partial charge is 0.345 e. The highest BCUT2D eigenvalue weighted by Crippen LogP contribution is 2.37. The summed E-state index contributed by atoms with van der Waals surface area (Å²) >= 11 is 5.94. The van der Waals surface area contributed by atoms with Crippen molar-refractivity contribution in [1.29, 1.82) is 0 Å². The molecule has 0 fully saturated rings. The molecule has 0 aliphatic carbocycles. The molecule has 0 saturated carbocycles. The Bertz CT molecular complexity index is 1050. The van der Waals surface area contributed by atoms with Crippen molar-refractivity contribution in [2.75, 3.05) is 19.9 Å². The lowest BCUT2D eigenvalue weighted by molar-refractivity contribution is -0.385. The van der Waals surface area contributed by atoms with Gasteiger partial charge < -0.3 is 14.2 Å². The lowest BCUT2D eigenvalue weighted by atomic mass is 10.1. The van der Waals surface area contributed by atoms with Gasteiger partial charge in [-0.1, -0.05) is 25.4 Å². The molecule has 0 aliphatic heterocycles. The van der Waals surface area contributed by atoms with Gasteiger partial charge in [0.15, 0.2) is 6.67 Å². The zero-order valence-corrected chi connectivity index (χ0v) is 18.2. The van der Waals surface area contributed by atoms with Gasteiger partial charge in [-0.3, -0.25) is 14.9 Å². The molecule has 0 heterocycles. The molecule has 0 radical (unpaired) electrons. The van der Waals surface area contributed by atoms with Crippen molar-refractivity contribution >= 4 is 29.2 Å². The van der Waals surface area contributed by atoms with Crippen LogP contribution in [0.25, 0.3) is 0 Å². The molecule has 0 aromatic heterocycles. The van der Waals surface area contributed by atoms with Crippen LogP contribution < -0.4 is 4.74 Å². The summed E-state index contributed by atoms with van der Waals surface area (Å²) in [7, 11) is 0. The third kappa shape index (κ3) is 6.82. The van der Waals surface area contributed by atoms with E-state index in [9.17, 15) is 32.9 Å². The Balaban J connectivity index is 2.19. The summed E-state index contributed by atoms with van der Waals surface area (Å²) in [6, 6.07) is 5.99. The van der Waals surface area contributed by atoms with Gasteiger partial charge in [-0.2, -0.15) is 8.78 Å². The van der Waals surface area contributed by atoms with Crippen LogP contribution in [-0.4, -0.2) is 36.8 Å². The maximum absolute atomic E-state index is 13.5. The van der Waals surface area contributed by atoms with E-state index in [2.05, 4.69) is 0 Å². The average molecular weight is 490 g/mol. The zero-order chi connectivity index (χ0) is 24.8. The molecule has 178 valence electrons. The van der Waals surface area contributed by atoms with E-state index < -0.39 is 46.3 Å². The predicted molar refractivity (Wildman–Crippen MR) is 111 cm³/mol. The molecule has 12 heteroatoms. The zero-order valence-electron chi connectivity index (χ0n) is 17.5. The van der Waals surface area contributed by atoms with E-state index in [1.807, 2.05) is 0 Å². The Labute approximate surface area is 191 Å². The number of hydrogen-bond donors (Lipinski definition) is 0. The van der Waals surface area contributed by atoms with Crippen LogP contribution >= 0.6 is 11.6 Å². The van der Waals surface area contributed by atoms with Crippen LogP contribution in [0.3, 0.4) is 0 Å². The monoisotopic (exact) mass is 489 g/mol. The summed E-state index contributed by atoms with van der Waals surface area (Å²) in [4.78, 5) is 34.2. The summed E-state index contributed by atoms with van der Waals surface area (Å²) in [6.07, 6.45) is 0. The maximum atomic E-state index is 13.5. The summed E-state index contributed by atoms with van der Waals surface area (Å²) in [5, 5.41) is 11.0. The van der Waals surface area contributed by atoms with Crippen molar-refractivity contribution in [2.24, 2.45) is 5.92 Å². The van der Waals surface area contributed by atoms with Gasteiger partial charge >= 0.3 is 17.9 Å². The molecule has 0 unspecified atom stereocenters. The summed E-state index contributed by atoms with van der Waals surface area (Å²) in [6.45, 7) is 0.757. The number of carbonyl (C=O) groups excluding carboxylic acids is 2. The standard InChI is InChI=1S/C21H19ClF3NO7/c1-12(2)19(27)31-7-8-32-20(28)15-10-14(4-5-17(15)26(29)30)33-18-6-3-13(9-16(18)22)21(24,25)11-23/h3-6,9-10,12H,7-8,11H2,1-2H3. The molecule has 0 atom stereocenters. The number of carbonyl (C=O) groups is 2. The SMILES string of the molecule is CC(C)C(=O)OCCOC(=O)c1cc(Oc2ccc(C(F)(F)CF)cc2Cl)ccc1[N+](=O)[O-].